The van der Waals surface area contributed by atoms with E-state index in [9.17, 15) is 4.79 Å². The van der Waals surface area contributed by atoms with Crippen LogP contribution in [-0.4, -0.2) is 90.6 Å². The van der Waals surface area contributed by atoms with Gasteiger partial charge in [-0.25, -0.2) is 9.97 Å². The van der Waals surface area contributed by atoms with Crippen molar-refractivity contribution in [3.63, 3.8) is 0 Å². The normalized spacial score (nSPS) is 17.5. The average Bonchev–Trinajstić information content (AvgIpc) is 2.73. The lowest BCUT2D eigenvalue weighted by Crippen LogP contribution is -2.49. The molecule has 8 nitrogen and oxygen atoms in total. The van der Waals surface area contributed by atoms with Crippen molar-refractivity contribution in [3.8, 4) is 11.4 Å². The minimum absolute atomic E-state index is 0.111. The fourth-order valence-electron chi connectivity index (χ4n) is 3.69. The molecule has 2 aliphatic heterocycles. The summed E-state index contributed by atoms with van der Waals surface area (Å²) in [5.74, 6) is 1.36. The summed E-state index contributed by atoms with van der Waals surface area (Å²) >= 11 is 0. The monoisotopic (exact) mass is 381 g/mol. The molecule has 2 aliphatic rings. The maximum Gasteiger partial charge on any atom is 0.270 e. The number of aromatic nitrogens is 3. The van der Waals surface area contributed by atoms with Crippen molar-refractivity contribution in [3.05, 3.63) is 35.8 Å². The first kappa shape index (κ1) is 18.8. The topological polar surface area (TPSA) is 77.5 Å². The van der Waals surface area contributed by atoms with E-state index in [1.807, 2.05) is 12.1 Å². The summed E-state index contributed by atoms with van der Waals surface area (Å²) in [6, 6.07) is 3.79. The van der Waals surface area contributed by atoms with E-state index < -0.39 is 0 Å². The number of hydrogen-bond acceptors (Lipinski definition) is 7. The molecule has 0 aliphatic carbocycles. The molecule has 0 aromatic carbocycles. The van der Waals surface area contributed by atoms with Crippen LogP contribution >= 0.6 is 0 Å². The van der Waals surface area contributed by atoms with Crippen molar-refractivity contribution in [1.29, 1.82) is 0 Å². The molecule has 0 atom stereocenters. The van der Waals surface area contributed by atoms with Gasteiger partial charge in [-0.05, 0) is 32.6 Å². The second-order valence-electron chi connectivity index (χ2n) is 7.58. The maximum atomic E-state index is 12.5. The minimum atomic E-state index is -0.111. The van der Waals surface area contributed by atoms with Crippen molar-refractivity contribution in [2.75, 3.05) is 64.8 Å². The molecule has 1 saturated heterocycles. The van der Waals surface area contributed by atoms with Gasteiger partial charge in [-0.3, -0.25) is 14.7 Å². The van der Waals surface area contributed by atoms with Gasteiger partial charge in [0.15, 0.2) is 5.82 Å². The number of likely N-dealkylation sites (N-methyl/N-ethyl adjacent to an activating group) is 1. The molecule has 2 aromatic heterocycles. The molecule has 148 valence electrons. The van der Waals surface area contributed by atoms with Crippen LogP contribution in [-0.2, 0) is 6.42 Å². The lowest BCUT2D eigenvalue weighted by Gasteiger charge is -2.37. The Morgan fingerprint density at radius 3 is 2.71 bits per heavy atom. The summed E-state index contributed by atoms with van der Waals surface area (Å²) in [4.78, 5) is 33.1. The number of amides is 1. The van der Waals surface area contributed by atoms with Crippen molar-refractivity contribution in [2.24, 2.45) is 0 Å². The third-order valence-electron chi connectivity index (χ3n) is 5.32. The van der Waals surface area contributed by atoms with Crippen LogP contribution in [0.5, 0.6) is 0 Å². The van der Waals surface area contributed by atoms with Crippen molar-refractivity contribution in [2.45, 2.75) is 6.42 Å². The molecule has 1 N–H and O–H groups in total. The number of piperazine rings is 1. The predicted molar refractivity (Wildman–Crippen MR) is 109 cm³/mol. The number of carbonyl (C=O) groups excluding carboxylic acids is 1. The van der Waals surface area contributed by atoms with Crippen molar-refractivity contribution in [1.82, 2.24) is 30.1 Å². The molecule has 8 heteroatoms. The Bertz CT molecular complexity index is 832. The van der Waals surface area contributed by atoms with Gasteiger partial charge >= 0.3 is 0 Å². The lowest BCUT2D eigenvalue weighted by atomic mass is 10.0. The van der Waals surface area contributed by atoms with Gasteiger partial charge in [0.25, 0.3) is 5.91 Å². The molecule has 1 fully saturated rings. The van der Waals surface area contributed by atoms with Gasteiger partial charge in [0.1, 0.15) is 11.5 Å². The highest BCUT2D eigenvalue weighted by atomic mass is 16.1. The third-order valence-corrected chi connectivity index (χ3v) is 5.32. The largest absolute Gasteiger partial charge is 0.354 e. The van der Waals surface area contributed by atoms with Crippen molar-refractivity contribution >= 4 is 11.7 Å². The molecule has 0 spiro atoms. The molecule has 0 saturated carbocycles. The van der Waals surface area contributed by atoms with Gasteiger partial charge in [-0.1, -0.05) is 0 Å². The predicted octanol–water partition coefficient (Wildman–Crippen LogP) is 0.508. The second kappa shape index (κ2) is 8.20. The Balaban J connectivity index is 1.61. The van der Waals surface area contributed by atoms with E-state index >= 15 is 0 Å². The highest BCUT2D eigenvalue weighted by Crippen LogP contribution is 2.28. The highest BCUT2D eigenvalue weighted by Gasteiger charge is 2.28. The summed E-state index contributed by atoms with van der Waals surface area (Å²) < 4.78 is 0. The van der Waals surface area contributed by atoms with E-state index in [1.54, 1.807) is 12.4 Å². The van der Waals surface area contributed by atoms with Crippen LogP contribution < -0.4 is 10.2 Å². The van der Waals surface area contributed by atoms with Crippen LogP contribution in [0.1, 0.15) is 16.1 Å². The Labute approximate surface area is 165 Å². The number of rotatable bonds is 5. The number of anilines is 1. The van der Waals surface area contributed by atoms with Crippen LogP contribution in [0.4, 0.5) is 5.82 Å². The molecule has 0 bridgehead atoms. The van der Waals surface area contributed by atoms with Crippen LogP contribution in [0.3, 0.4) is 0 Å². The van der Waals surface area contributed by atoms with E-state index in [1.165, 1.54) is 0 Å². The Hall–Kier alpha value is -2.58. The maximum absolute atomic E-state index is 12.5. The molecular weight excluding hydrogens is 354 g/mol. The van der Waals surface area contributed by atoms with E-state index in [0.29, 0.717) is 18.1 Å². The Kier molecular flexibility index (Phi) is 5.50. The average molecular weight is 381 g/mol. The smallest absolute Gasteiger partial charge is 0.270 e. The minimum Gasteiger partial charge on any atom is -0.354 e. The number of carbonyl (C=O) groups is 1. The van der Waals surface area contributed by atoms with E-state index in [-0.39, 0.29) is 5.91 Å². The van der Waals surface area contributed by atoms with E-state index in [2.05, 4.69) is 44.1 Å². The SMILES string of the molecule is CN(C)CCN1CCN(c2nc(-c3cccnc3)nc3c2CCNC3=O)CC1. The van der Waals surface area contributed by atoms with Crippen LogP contribution in [0, 0.1) is 0 Å². The summed E-state index contributed by atoms with van der Waals surface area (Å²) in [6.07, 6.45) is 4.23. The first-order valence-corrected chi connectivity index (χ1v) is 9.83. The Morgan fingerprint density at radius 1 is 1.18 bits per heavy atom. The fraction of sp³-hybridized carbons (Fsp3) is 0.500. The molecule has 4 rings (SSSR count). The second-order valence-corrected chi connectivity index (χ2v) is 7.58. The molecule has 28 heavy (non-hydrogen) atoms. The highest BCUT2D eigenvalue weighted by molar-refractivity contribution is 5.96. The first-order valence-electron chi connectivity index (χ1n) is 9.83. The standard InChI is InChI=1S/C20H27N7O/c1-25(2)8-9-26-10-12-27(13-11-26)19-16-5-7-22-20(28)17(16)23-18(24-19)15-4-3-6-21-14-15/h3-4,6,14H,5,7-13H2,1-2H3,(H,22,28). The zero-order valence-corrected chi connectivity index (χ0v) is 16.6. The van der Waals surface area contributed by atoms with Gasteiger partial charge in [0, 0.05) is 69.3 Å². The first-order chi connectivity index (χ1) is 13.6. The Morgan fingerprint density at radius 2 is 2.00 bits per heavy atom. The summed E-state index contributed by atoms with van der Waals surface area (Å²) in [5, 5.41) is 2.91. The van der Waals surface area contributed by atoms with Gasteiger partial charge in [0.05, 0.1) is 0 Å². The quantitative estimate of drug-likeness (QED) is 0.808. The fourth-order valence-corrected chi connectivity index (χ4v) is 3.69. The van der Waals surface area contributed by atoms with E-state index in [0.717, 1.165) is 62.6 Å². The number of pyridine rings is 1. The zero-order chi connectivity index (χ0) is 19.5. The third kappa shape index (κ3) is 3.98. The molecule has 0 unspecified atom stereocenters. The van der Waals surface area contributed by atoms with Crippen molar-refractivity contribution < 1.29 is 4.79 Å². The molecular formula is C20H27N7O. The summed E-state index contributed by atoms with van der Waals surface area (Å²) in [7, 11) is 4.21. The summed E-state index contributed by atoms with van der Waals surface area (Å²) in [5.41, 5.74) is 2.30. The number of hydrogen-bond donors (Lipinski definition) is 1. The van der Waals surface area contributed by atoms with E-state index in [4.69, 9.17) is 4.98 Å². The lowest BCUT2D eigenvalue weighted by molar-refractivity contribution is 0.0940. The molecule has 1 amide bonds. The van der Waals surface area contributed by atoms with Gasteiger partial charge in [0.2, 0.25) is 0 Å². The molecule has 4 heterocycles. The zero-order valence-electron chi connectivity index (χ0n) is 16.6. The summed E-state index contributed by atoms with van der Waals surface area (Å²) in [6.45, 7) is 6.59. The molecule has 2 aromatic rings. The molecule has 0 radical (unpaired) electrons. The number of nitrogens with zero attached hydrogens (tertiary/aromatic N) is 6. The van der Waals surface area contributed by atoms with Gasteiger partial charge in [-0.15, -0.1) is 0 Å². The van der Waals surface area contributed by atoms with Gasteiger partial charge in [-0.2, -0.15) is 0 Å². The van der Waals surface area contributed by atoms with Crippen LogP contribution in [0.2, 0.25) is 0 Å². The van der Waals surface area contributed by atoms with Crippen LogP contribution in [0.15, 0.2) is 24.5 Å². The van der Waals surface area contributed by atoms with Gasteiger partial charge < -0.3 is 15.1 Å². The number of nitrogens with one attached hydrogen (secondary N) is 1. The number of fused-ring (bicyclic) bond motifs is 1. The van der Waals surface area contributed by atoms with Crippen LogP contribution in [0.25, 0.3) is 11.4 Å².